The highest BCUT2D eigenvalue weighted by atomic mass is 32.2. The molecule has 2 aliphatic rings. The van der Waals surface area contributed by atoms with Gasteiger partial charge in [0.15, 0.2) is 0 Å². The summed E-state index contributed by atoms with van der Waals surface area (Å²) in [7, 11) is -3.15. The summed E-state index contributed by atoms with van der Waals surface area (Å²) in [5.74, 6) is 0.0543. The van der Waals surface area contributed by atoms with Crippen LogP contribution in [-0.4, -0.2) is 73.7 Å². The number of fused-ring (bicyclic) bond motifs is 1. The van der Waals surface area contributed by atoms with Crippen LogP contribution in [0.1, 0.15) is 33.5 Å². The van der Waals surface area contributed by atoms with Gasteiger partial charge in [-0.05, 0) is 54.0 Å². The molecule has 2 heterocycles. The molecule has 2 aromatic rings. The van der Waals surface area contributed by atoms with Crippen LogP contribution in [0, 0.1) is 5.92 Å². The van der Waals surface area contributed by atoms with Gasteiger partial charge in [-0.2, -0.15) is 0 Å². The van der Waals surface area contributed by atoms with Crippen molar-refractivity contribution < 1.29 is 18.3 Å². The maximum Gasteiger partial charge on any atom is 0.251 e. The van der Waals surface area contributed by atoms with Crippen LogP contribution in [0.2, 0.25) is 0 Å². The second-order valence-corrected chi connectivity index (χ2v) is 11.3. The Hall–Kier alpha value is -2.26. The maximum absolute atomic E-state index is 12.7. The van der Waals surface area contributed by atoms with Crippen LogP contribution in [-0.2, 0) is 29.4 Å². The molecule has 0 radical (unpaired) electrons. The fraction of sp³-hybridized carbons (Fsp3) is 0.480. The van der Waals surface area contributed by atoms with Gasteiger partial charge in [0, 0.05) is 44.8 Å². The molecule has 0 bridgehead atoms. The zero-order valence-electron chi connectivity index (χ0n) is 19.1. The van der Waals surface area contributed by atoms with E-state index >= 15 is 0 Å². The van der Waals surface area contributed by atoms with Gasteiger partial charge in [0.05, 0.1) is 12.4 Å². The molecule has 0 aliphatic carbocycles. The molecule has 0 spiro atoms. The third-order valence-corrected chi connectivity index (χ3v) is 7.88. The summed E-state index contributed by atoms with van der Waals surface area (Å²) >= 11 is 0. The van der Waals surface area contributed by atoms with Gasteiger partial charge in [-0.15, -0.1) is 0 Å². The number of rotatable bonds is 8. The molecule has 4 rings (SSSR count). The highest BCUT2D eigenvalue weighted by Gasteiger charge is 2.28. The lowest BCUT2D eigenvalue weighted by atomic mass is 9.97. The van der Waals surface area contributed by atoms with Crippen molar-refractivity contribution in [2.75, 3.05) is 39.0 Å². The van der Waals surface area contributed by atoms with Crippen molar-refractivity contribution in [3.8, 4) is 0 Å². The van der Waals surface area contributed by atoms with Crippen LogP contribution < -0.4 is 5.32 Å². The molecule has 1 amide bonds. The largest absolute Gasteiger partial charge is 0.390 e. The lowest BCUT2D eigenvalue weighted by Crippen LogP contribution is -2.42. The minimum absolute atomic E-state index is 0.202. The number of hydrogen-bond donors (Lipinski definition) is 2. The smallest absolute Gasteiger partial charge is 0.251 e. The Morgan fingerprint density at radius 1 is 1.15 bits per heavy atom. The summed E-state index contributed by atoms with van der Waals surface area (Å²) in [6, 6.07) is 15.9. The van der Waals surface area contributed by atoms with E-state index in [4.69, 9.17) is 0 Å². The number of amides is 1. The van der Waals surface area contributed by atoms with Crippen LogP contribution in [0.15, 0.2) is 48.5 Å². The molecule has 2 aliphatic heterocycles. The number of aliphatic hydroxyl groups is 1. The molecule has 2 N–H and O–H groups in total. The number of sulfonamides is 1. The van der Waals surface area contributed by atoms with E-state index in [-0.39, 0.29) is 18.4 Å². The zero-order chi connectivity index (χ0) is 23.4. The van der Waals surface area contributed by atoms with E-state index in [0.717, 1.165) is 37.9 Å². The van der Waals surface area contributed by atoms with Crippen LogP contribution in [0.25, 0.3) is 0 Å². The number of carbonyl (C=O) groups excluding carboxylic acids is 1. The van der Waals surface area contributed by atoms with E-state index in [1.807, 2.05) is 24.3 Å². The minimum atomic E-state index is -3.15. The summed E-state index contributed by atoms with van der Waals surface area (Å²) in [4.78, 5) is 14.9. The maximum atomic E-state index is 12.7. The van der Waals surface area contributed by atoms with Gasteiger partial charge in [-0.1, -0.05) is 36.4 Å². The number of benzene rings is 2. The van der Waals surface area contributed by atoms with Crippen molar-refractivity contribution in [2.45, 2.75) is 31.9 Å². The average molecular weight is 472 g/mol. The molecule has 8 heteroatoms. The third kappa shape index (κ3) is 6.41. The lowest BCUT2D eigenvalue weighted by molar-refractivity contribution is 0.0841. The van der Waals surface area contributed by atoms with Crippen LogP contribution in [0.4, 0.5) is 0 Å². The van der Waals surface area contributed by atoms with Crippen LogP contribution in [0.5, 0.6) is 0 Å². The van der Waals surface area contributed by atoms with Crippen molar-refractivity contribution >= 4 is 15.9 Å². The molecule has 7 nitrogen and oxygen atoms in total. The first-order valence-corrected chi connectivity index (χ1v) is 13.4. The average Bonchev–Trinajstić information content (AvgIpc) is 3.27. The third-order valence-electron chi connectivity index (χ3n) is 6.61. The molecular formula is C25H33N3O4S. The Bertz CT molecular complexity index is 1090. The molecule has 33 heavy (non-hydrogen) atoms. The molecule has 0 saturated carbocycles. The fourth-order valence-electron chi connectivity index (χ4n) is 4.82. The van der Waals surface area contributed by atoms with Gasteiger partial charge >= 0.3 is 0 Å². The van der Waals surface area contributed by atoms with Crippen LogP contribution >= 0.6 is 0 Å². The first kappa shape index (κ1) is 23.9. The predicted molar refractivity (Wildman–Crippen MR) is 128 cm³/mol. The number of aliphatic hydroxyl groups excluding tert-OH is 1. The Morgan fingerprint density at radius 2 is 1.94 bits per heavy atom. The summed E-state index contributed by atoms with van der Waals surface area (Å²) in [6.07, 6.45) is 3.16. The van der Waals surface area contributed by atoms with E-state index in [0.29, 0.717) is 25.2 Å². The van der Waals surface area contributed by atoms with Gasteiger partial charge in [0.1, 0.15) is 0 Å². The number of nitrogens with one attached hydrogen (secondary N) is 1. The van der Waals surface area contributed by atoms with Crippen molar-refractivity contribution in [2.24, 2.45) is 5.92 Å². The Balaban J connectivity index is 1.25. The highest BCUT2D eigenvalue weighted by molar-refractivity contribution is 7.88. The normalized spacial score (nSPS) is 20.4. The number of nitrogens with zero attached hydrogens (tertiary/aromatic N) is 2. The van der Waals surface area contributed by atoms with Gasteiger partial charge in [-0.25, -0.2) is 12.7 Å². The highest BCUT2D eigenvalue weighted by Crippen LogP contribution is 2.23. The predicted octanol–water partition coefficient (Wildman–Crippen LogP) is 1.66. The molecule has 0 unspecified atom stereocenters. The van der Waals surface area contributed by atoms with E-state index < -0.39 is 16.1 Å². The molecule has 2 aromatic carbocycles. The van der Waals surface area contributed by atoms with E-state index in [1.54, 1.807) is 6.07 Å². The Kier molecular flexibility index (Phi) is 7.48. The molecular weight excluding hydrogens is 438 g/mol. The summed E-state index contributed by atoms with van der Waals surface area (Å²) in [5.41, 5.74) is 4.26. The monoisotopic (exact) mass is 471 g/mol. The van der Waals surface area contributed by atoms with Gasteiger partial charge in [0.25, 0.3) is 5.91 Å². The molecule has 178 valence electrons. The molecule has 0 aromatic heterocycles. The molecule has 1 saturated heterocycles. The SMILES string of the molecule is CS(=O)(=O)N1CC[C@H](Cc2cccc(C(=O)NC[C@H](O)CN3CCc4ccccc4C3)c2)C1. The van der Waals surface area contributed by atoms with E-state index in [2.05, 4.69) is 28.4 Å². The van der Waals surface area contributed by atoms with Gasteiger partial charge < -0.3 is 10.4 Å². The van der Waals surface area contributed by atoms with Gasteiger partial charge in [0.2, 0.25) is 10.0 Å². The lowest BCUT2D eigenvalue weighted by Gasteiger charge is -2.30. The summed E-state index contributed by atoms with van der Waals surface area (Å²) in [5, 5.41) is 13.3. The second-order valence-electron chi connectivity index (χ2n) is 9.30. The van der Waals surface area contributed by atoms with Crippen molar-refractivity contribution in [1.29, 1.82) is 0 Å². The van der Waals surface area contributed by atoms with E-state index in [1.165, 1.54) is 21.7 Å². The van der Waals surface area contributed by atoms with Gasteiger partial charge in [-0.3, -0.25) is 9.69 Å². The minimum Gasteiger partial charge on any atom is -0.390 e. The standard InChI is InChI=1S/C25H33N3O4S/c1-33(31,32)28-12-9-20(16-28)13-19-5-4-8-22(14-19)25(30)26-15-24(29)18-27-11-10-21-6-2-3-7-23(21)17-27/h2-8,14,20,24,29H,9-13,15-18H2,1H3,(H,26,30)/t20-,24+/m1/s1. The number of hydrogen-bond acceptors (Lipinski definition) is 5. The molecule has 2 atom stereocenters. The summed E-state index contributed by atoms with van der Waals surface area (Å²) < 4.78 is 25.0. The Labute approximate surface area is 196 Å². The molecule has 1 fully saturated rings. The number of β-amino-alcohol motifs (C(OH)–C–C–N with tert-alkyl or cyclic N) is 1. The van der Waals surface area contributed by atoms with Crippen molar-refractivity contribution in [1.82, 2.24) is 14.5 Å². The first-order valence-electron chi connectivity index (χ1n) is 11.6. The second kappa shape index (κ2) is 10.3. The first-order chi connectivity index (χ1) is 15.8. The van der Waals surface area contributed by atoms with Crippen molar-refractivity contribution in [3.63, 3.8) is 0 Å². The van der Waals surface area contributed by atoms with E-state index in [9.17, 15) is 18.3 Å². The topological polar surface area (TPSA) is 90.0 Å². The fourth-order valence-corrected chi connectivity index (χ4v) is 5.74. The quantitative estimate of drug-likeness (QED) is 0.611. The Morgan fingerprint density at radius 3 is 2.70 bits per heavy atom. The van der Waals surface area contributed by atoms with Crippen LogP contribution in [0.3, 0.4) is 0 Å². The number of carbonyl (C=O) groups is 1. The summed E-state index contributed by atoms with van der Waals surface area (Å²) in [6.45, 7) is 3.54. The zero-order valence-corrected chi connectivity index (χ0v) is 19.9. The van der Waals surface area contributed by atoms with Crippen molar-refractivity contribution in [3.05, 3.63) is 70.8 Å².